The van der Waals surface area contributed by atoms with Crippen LogP contribution >= 0.6 is 0 Å². The summed E-state index contributed by atoms with van der Waals surface area (Å²) in [6.07, 6.45) is 13.7. The van der Waals surface area contributed by atoms with Crippen LogP contribution in [-0.4, -0.2) is 22.2 Å². The fourth-order valence-corrected chi connectivity index (χ4v) is 4.70. The molecule has 0 aromatic heterocycles. The fraction of sp³-hybridized carbons (Fsp3) is 0.680. The van der Waals surface area contributed by atoms with E-state index in [1.54, 1.807) is 0 Å². The lowest BCUT2D eigenvalue weighted by Gasteiger charge is -2.14. The zero-order valence-corrected chi connectivity index (χ0v) is 17.8. The first-order chi connectivity index (χ1) is 13.9. The molecule has 1 aromatic carbocycles. The van der Waals surface area contributed by atoms with Gasteiger partial charge in [-0.1, -0.05) is 43.9 Å². The lowest BCUT2D eigenvalue weighted by atomic mass is 9.91. The largest absolute Gasteiger partial charge is 0.481 e. The number of carbonyl (C=O) groups is 2. The second-order valence-corrected chi connectivity index (χ2v) is 9.50. The Hall–Kier alpha value is -1.84. The molecule has 0 unspecified atom stereocenters. The number of carboxylic acids is 2. The van der Waals surface area contributed by atoms with E-state index in [0.29, 0.717) is 0 Å². The summed E-state index contributed by atoms with van der Waals surface area (Å²) in [4.78, 5) is 22.5. The molecule has 29 heavy (non-hydrogen) atoms. The summed E-state index contributed by atoms with van der Waals surface area (Å²) in [5.41, 5.74) is 3.50. The third kappa shape index (κ3) is 5.61. The van der Waals surface area contributed by atoms with Crippen LogP contribution in [0.2, 0.25) is 0 Å². The number of hydrogen-bond donors (Lipinski definition) is 2. The van der Waals surface area contributed by atoms with Crippen LogP contribution in [0, 0.1) is 17.8 Å². The van der Waals surface area contributed by atoms with Crippen molar-refractivity contribution in [1.29, 1.82) is 0 Å². The maximum absolute atomic E-state index is 11.3. The van der Waals surface area contributed by atoms with E-state index in [2.05, 4.69) is 25.1 Å². The number of benzene rings is 1. The SMILES string of the molecule is Cc1cccc(CCCCCC2(C(=O)O)CC2)c1CCCCCC1(C(=O)O)CC1. The van der Waals surface area contributed by atoms with Gasteiger partial charge in [0.25, 0.3) is 0 Å². The van der Waals surface area contributed by atoms with Crippen LogP contribution < -0.4 is 0 Å². The van der Waals surface area contributed by atoms with E-state index in [1.165, 1.54) is 16.7 Å². The van der Waals surface area contributed by atoms with Crippen LogP contribution in [0.4, 0.5) is 0 Å². The van der Waals surface area contributed by atoms with Crippen molar-refractivity contribution in [3.8, 4) is 0 Å². The first kappa shape index (κ1) is 21.9. The van der Waals surface area contributed by atoms with E-state index in [1.807, 2.05) is 0 Å². The molecule has 1 aromatic rings. The van der Waals surface area contributed by atoms with Gasteiger partial charge in [-0.25, -0.2) is 0 Å². The van der Waals surface area contributed by atoms with Gasteiger partial charge in [0.05, 0.1) is 10.8 Å². The van der Waals surface area contributed by atoms with Crippen molar-refractivity contribution in [1.82, 2.24) is 0 Å². The summed E-state index contributed by atoms with van der Waals surface area (Å²) in [6, 6.07) is 6.57. The van der Waals surface area contributed by atoms with Crippen molar-refractivity contribution in [2.45, 2.75) is 96.8 Å². The van der Waals surface area contributed by atoms with Gasteiger partial charge in [-0.15, -0.1) is 0 Å². The maximum atomic E-state index is 11.3. The molecule has 160 valence electrons. The quantitative estimate of drug-likeness (QED) is 0.380. The summed E-state index contributed by atoms with van der Waals surface area (Å²) in [5, 5.41) is 18.5. The molecule has 2 N–H and O–H groups in total. The van der Waals surface area contributed by atoms with Gasteiger partial charge in [0.1, 0.15) is 0 Å². The molecule has 0 spiro atoms. The molecule has 4 heteroatoms. The van der Waals surface area contributed by atoms with Gasteiger partial charge in [-0.3, -0.25) is 9.59 Å². The third-order valence-electron chi connectivity index (χ3n) is 7.31. The molecule has 2 aliphatic carbocycles. The Morgan fingerprint density at radius 3 is 1.79 bits per heavy atom. The number of aliphatic carboxylic acids is 2. The Morgan fingerprint density at radius 1 is 0.793 bits per heavy atom. The highest BCUT2D eigenvalue weighted by molar-refractivity contribution is 5.78. The lowest BCUT2D eigenvalue weighted by Crippen LogP contribution is -2.14. The molecule has 0 saturated heterocycles. The topological polar surface area (TPSA) is 74.6 Å². The number of hydrogen-bond acceptors (Lipinski definition) is 2. The third-order valence-corrected chi connectivity index (χ3v) is 7.31. The number of aryl methyl sites for hydroxylation is 2. The van der Waals surface area contributed by atoms with Crippen LogP contribution in [0.3, 0.4) is 0 Å². The Kier molecular flexibility index (Phi) is 7.02. The molecule has 0 bridgehead atoms. The van der Waals surface area contributed by atoms with E-state index in [-0.39, 0.29) is 10.8 Å². The number of unbranched alkanes of at least 4 members (excludes halogenated alkanes) is 4. The smallest absolute Gasteiger partial charge is 0.309 e. The number of carboxylic acid groups (broad SMARTS) is 2. The molecular weight excluding hydrogens is 364 g/mol. The monoisotopic (exact) mass is 400 g/mol. The summed E-state index contributed by atoms with van der Waals surface area (Å²) in [5.74, 6) is -1.20. The van der Waals surface area contributed by atoms with Crippen molar-refractivity contribution < 1.29 is 19.8 Å². The standard InChI is InChI=1S/C25H36O4/c1-19-9-8-11-20(10-4-2-6-13-24(15-16-24)22(26)27)21(19)12-5-3-7-14-25(17-18-25)23(28)29/h8-9,11H,2-7,10,12-18H2,1H3,(H,26,27)(H,28,29). The molecule has 3 rings (SSSR count). The average Bonchev–Trinajstić information content (AvgIpc) is 3.58. The summed E-state index contributed by atoms with van der Waals surface area (Å²) >= 11 is 0. The van der Waals surface area contributed by atoms with E-state index in [4.69, 9.17) is 0 Å². The van der Waals surface area contributed by atoms with Crippen molar-refractivity contribution >= 4 is 11.9 Å². The van der Waals surface area contributed by atoms with Crippen molar-refractivity contribution in [3.63, 3.8) is 0 Å². The normalized spacial score (nSPS) is 18.4. The molecule has 0 radical (unpaired) electrons. The minimum absolute atomic E-state index is 0.381. The van der Waals surface area contributed by atoms with Crippen LogP contribution in [0.1, 0.15) is 93.7 Å². The average molecular weight is 401 g/mol. The highest BCUT2D eigenvalue weighted by atomic mass is 16.4. The molecule has 0 amide bonds. The van der Waals surface area contributed by atoms with Gasteiger partial charge in [0, 0.05) is 0 Å². The Morgan fingerprint density at radius 2 is 1.31 bits per heavy atom. The molecule has 0 atom stereocenters. The van der Waals surface area contributed by atoms with Crippen molar-refractivity contribution in [3.05, 3.63) is 34.9 Å². The highest BCUT2D eigenvalue weighted by Crippen LogP contribution is 2.50. The van der Waals surface area contributed by atoms with Crippen molar-refractivity contribution in [2.75, 3.05) is 0 Å². The van der Waals surface area contributed by atoms with Gasteiger partial charge in [-0.05, 0) is 87.8 Å². The summed E-state index contributed by atoms with van der Waals surface area (Å²) < 4.78 is 0. The van der Waals surface area contributed by atoms with Gasteiger partial charge < -0.3 is 10.2 Å². The van der Waals surface area contributed by atoms with Gasteiger partial charge in [0.2, 0.25) is 0 Å². The first-order valence-electron chi connectivity index (χ1n) is 11.4. The minimum atomic E-state index is -0.602. The zero-order chi connectivity index (χ0) is 20.9. The van der Waals surface area contributed by atoms with E-state index < -0.39 is 11.9 Å². The van der Waals surface area contributed by atoms with E-state index in [0.717, 1.165) is 89.9 Å². The minimum Gasteiger partial charge on any atom is -0.481 e. The zero-order valence-electron chi connectivity index (χ0n) is 17.8. The van der Waals surface area contributed by atoms with Gasteiger partial charge in [-0.2, -0.15) is 0 Å². The molecule has 4 nitrogen and oxygen atoms in total. The molecule has 0 aliphatic heterocycles. The van der Waals surface area contributed by atoms with Crippen LogP contribution in [0.25, 0.3) is 0 Å². The van der Waals surface area contributed by atoms with E-state index in [9.17, 15) is 19.8 Å². The Labute approximate surface area is 174 Å². The number of rotatable bonds is 14. The van der Waals surface area contributed by atoms with Crippen LogP contribution in [-0.2, 0) is 22.4 Å². The van der Waals surface area contributed by atoms with Crippen LogP contribution in [0.5, 0.6) is 0 Å². The van der Waals surface area contributed by atoms with Crippen LogP contribution in [0.15, 0.2) is 18.2 Å². The van der Waals surface area contributed by atoms with Gasteiger partial charge in [0.15, 0.2) is 0 Å². The first-order valence-corrected chi connectivity index (χ1v) is 11.4. The highest BCUT2D eigenvalue weighted by Gasteiger charge is 2.49. The Bertz CT molecular complexity index is 728. The molecule has 2 saturated carbocycles. The summed E-state index contributed by atoms with van der Waals surface area (Å²) in [6.45, 7) is 2.19. The lowest BCUT2D eigenvalue weighted by molar-refractivity contribution is -0.144. The molecule has 0 heterocycles. The predicted molar refractivity (Wildman–Crippen MR) is 114 cm³/mol. The molecule has 2 aliphatic rings. The molecule has 2 fully saturated rings. The second kappa shape index (κ2) is 9.32. The fourth-order valence-electron chi connectivity index (χ4n) is 4.70. The maximum Gasteiger partial charge on any atom is 0.309 e. The molecular formula is C25H36O4. The predicted octanol–water partition coefficient (Wildman–Crippen LogP) is 5.93. The van der Waals surface area contributed by atoms with E-state index >= 15 is 0 Å². The summed E-state index contributed by atoms with van der Waals surface area (Å²) in [7, 11) is 0. The second-order valence-electron chi connectivity index (χ2n) is 9.50. The van der Waals surface area contributed by atoms with Crippen molar-refractivity contribution in [2.24, 2.45) is 10.8 Å². The van der Waals surface area contributed by atoms with Gasteiger partial charge >= 0.3 is 11.9 Å². The Balaban J connectivity index is 1.38.